The number of hydrogen-bond donors (Lipinski definition) is 1. The molecule has 1 aromatic carbocycles. The van der Waals surface area contributed by atoms with Gasteiger partial charge in [-0.3, -0.25) is 0 Å². The number of fused-ring (bicyclic) bond motifs is 1. The van der Waals surface area contributed by atoms with Crippen LogP contribution in [-0.4, -0.2) is 4.98 Å². The maximum Gasteiger partial charge on any atom is 0.131 e. The molecule has 1 heterocycles. The summed E-state index contributed by atoms with van der Waals surface area (Å²) >= 11 is 1.59. The van der Waals surface area contributed by atoms with E-state index in [0.29, 0.717) is 6.61 Å². The van der Waals surface area contributed by atoms with E-state index in [4.69, 9.17) is 10.5 Å². The zero-order valence-corrected chi connectivity index (χ0v) is 10.2. The lowest BCUT2D eigenvalue weighted by Gasteiger charge is -2.08. The summed E-state index contributed by atoms with van der Waals surface area (Å²) in [6.45, 7) is 0.536. The predicted molar refractivity (Wildman–Crippen MR) is 68.1 cm³/mol. The van der Waals surface area contributed by atoms with E-state index in [-0.39, 0.29) is 6.04 Å². The Kier molecular flexibility index (Phi) is 2.82. The number of ether oxygens (including phenoxy) is 1. The minimum Gasteiger partial charge on any atom is -0.487 e. The Bertz CT molecular complexity index is 510. The van der Waals surface area contributed by atoms with Crippen molar-refractivity contribution >= 4 is 11.3 Å². The molecule has 0 saturated heterocycles. The lowest BCUT2D eigenvalue weighted by molar-refractivity contribution is 0.302. The number of aromatic nitrogens is 1. The Labute approximate surface area is 104 Å². The van der Waals surface area contributed by atoms with Gasteiger partial charge in [0.25, 0.3) is 0 Å². The highest BCUT2D eigenvalue weighted by molar-refractivity contribution is 7.07. The van der Waals surface area contributed by atoms with Crippen molar-refractivity contribution in [1.82, 2.24) is 4.98 Å². The molecule has 3 rings (SSSR count). The van der Waals surface area contributed by atoms with E-state index in [9.17, 15) is 0 Å². The zero-order valence-electron chi connectivity index (χ0n) is 9.43. The topological polar surface area (TPSA) is 48.1 Å². The van der Waals surface area contributed by atoms with Crippen molar-refractivity contribution in [2.24, 2.45) is 5.73 Å². The van der Waals surface area contributed by atoms with Crippen molar-refractivity contribution in [2.75, 3.05) is 0 Å². The van der Waals surface area contributed by atoms with Gasteiger partial charge in [0.05, 0.1) is 11.2 Å². The first-order chi connectivity index (χ1) is 8.33. The minimum atomic E-state index is 0.206. The molecule has 1 unspecified atom stereocenters. The molecule has 2 N–H and O–H groups in total. The molecule has 0 fully saturated rings. The van der Waals surface area contributed by atoms with E-state index < -0.39 is 0 Å². The van der Waals surface area contributed by atoms with Gasteiger partial charge in [-0.1, -0.05) is 6.07 Å². The van der Waals surface area contributed by atoms with Gasteiger partial charge in [0, 0.05) is 11.4 Å². The third-order valence-electron chi connectivity index (χ3n) is 3.11. The van der Waals surface area contributed by atoms with E-state index in [0.717, 1.165) is 24.3 Å². The third-order valence-corrected chi connectivity index (χ3v) is 3.74. The first kappa shape index (κ1) is 10.7. The summed E-state index contributed by atoms with van der Waals surface area (Å²) in [5.41, 5.74) is 11.4. The Morgan fingerprint density at radius 3 is 3.24 bits per heavy atom. The van der Waals surface area contributed by atoms with Crippen molar-refractivity contribution in [3.05, 3.63) is 45.9 Å². The number of benzene rings is 1. The molecule has 1 aliphatic carbocycles. The van der Waals surface area contributed by atoms with Crippen LogP contribution in [0.5, 0.6) is 5.75 Å². The van der Waals surface area contributed by atoms with Crippen LogP contribution in [-0.2, 0) is 13.0 Å². The molecule has 0 aliphatic heterocycles. The van der Waals surface area contributed by atoms with Crippen molar-refractivity contribution in [3.63, 3.8) is 0 Å². The Morgan fingerprint density at radius 2 is 2.41 bits per heavy atom. The van der Waals surface area contributed by atoms with Gasteiger partial charge in [0.2, 0.25) is 0 Å². The molecule has 0 amide bonds. The number of hydrogen-bond acceptors (Lipinski definition) is 4. The largest absolute Gasteiger partial charge is 0.487 e. The van der Waals surface area contributed by atoms with Crippen molar-refractivity contribution < 1.29 is 4.74 Å². The number of aryl methyl sites for hydroxylation is 1. The van der Waals surface area contributed by atoms with Gasteiger partial charge >= 0.3 is 0 Å². The summed E-state index contributed by atoms with van der Waals surface area (Å²) in [6.07, 6.45) is 2.11. The Balaban J connectivity index is 1.72. The number of thiazole rings is 1. The van der Waals surface area contributed by atoms with E-state index in [1.165, 1.54) is 11.1 Å². The van der Waals surface area contributed by atoms with Crippen molar-refractivity contribution in [2.45, 2.75) is 25.5 Å². The first-order valence-corrected chi connectivity index (χ1v) is 6.65. The van der Waals surface area contributed by atoms with Crippen LogP contribution < -0.4 is 10.5 Å². The maximum atomic E-state index is 6.00. The molecule has 0 saturated carbocycles. The quantitative estimate of drug-likeness (QED) is 0.905. The molecule has 4 heteroatoms. The van der Waals surface area contributed by atoms with Gasteiger partial charge in [-0.05, 0) is 36.1 Å². The maximum absolute atomic E-state index is 6.00. The van der Waals surface area contributed by atoms with Crippen LogP contribution in [0.1, 0.15) is 29.3 Å². The van der Waals surface area contributed by atoms with Gasteiger partial charge < -0.3 is 10.5 Å². The highest BCUT2D eigenvalue weighted by atomic mass is 32.1. The number of rotatable bonds is 3. The summed E-state index contributed by atoms with van der Waals surface area (Å²) in [5.74, 6) is 0.908. The highest BCUT2D eigenvalue weighted by Crippen LogP contribution is 2.31. The second-order valence-electron chi connectivity index (χ2n) is 4.27. The van der Waals surface area contributed by atoms with Crippen molar-refractivity contribution in [1.29, 1.82) is 0 Å². The van der Waals surface area contributed by atoms with Crippen LogP contribution in [0.4, 0.5) is 0 Å². The van der Waals surface area contributed by atoms with E-state index in [1.54, 1.807) is 11.3 Å². The summed E-state index contributed by atoms with van der Waals surface area (Å²) in [6, 6.07) is 6.39. The molecular weight excluding hydrogens is 232 g/mol. The number of nitrogens with two attached hydrogens (primary N) is 1. The molecule has 0 spiro atoms. The van der Waals surface area contributed by atoms with Gasteiger partial charge in [0.15, 0.2) is 0 Å². The molecule has 1 aliphatic rings. The first-order valence-electron chi connectivity index (χ1n) is 5.71. The van der Waals surface area contributed by atoms with Crippen LogP contribution in [0.2, 0.25) is 0 Å². The van der Waals surface area contributed by atoms with Crippen LogP contribution in [0.3, 0.4) is 0 Å². The lowest BCUT2D eigenvalue weighted by Crippen LogP contribution is -2.05. The van der Waals surface area contributed by atoms with Crippen LogP contribution in [0.25, 0.3) is 0 Å². The van der Waals surface area contributed by atoms with Gasteiger partial charge in [-0.25, -0.2) is 4.98 Å². The van der Waals surface area contributed by atoms with E-state index in [2.05, 4.69) is 17.1 Å². The standard InChI is InChI=1S/C13H14N2OS/c14-13-4-1-9-5-11(2-3-12(9)13)16-6-10-7-17-8-15-10/h2-3,5,7-8,13H,1,4,6,14H2. The Morgan fingerprint density at radius 1 is 1.47 bits per heavy atom. The van der Waals surface area contributed by atoms with Crippen LogP contribution in [0.15, 0.2) is 29.1 Å². The number of nitrogens with zero attached hydrogens (tertiary/aromatic N) is 1. The summed E-state index contributed by atoms with van der Waals surface area (Å²) in [5, 5.41) is 2.00. The zero-order chi connectivity index (χ0) is 11.7. The molecule has 1 aromatic heterocycles. The van der Waals surface area contributed by atoms with E-state index in [1.807, 2.05) is 17.0 Å². The highest BCUT2D eigenvalue weighted by Gasteiger charge is 2.18. The predicted octanol–water partition coefficient (Wildman–Crippen LogP) is 2.67. The van der Waals surface area contributed by atoms with E-state index >= 15 is 0 Å². The fraction of sp³-hybridized carbons (Fsp3) is 0.308. The molecule has 17 heavy (non-hydrogen) atoms. The smallest absolute Gasteiger partial charge is 0.131 e. The molecule has 2 aromatic rings. The molecule has 3 nitrogen and oxygen atoms in total. The summed E-state index contributed by atoms with van der Waals surface area (Å²) in [4.78, 5) is 4.19. The summed E-state index contributed by atoms with van der Waals surface area (Å²) in [7, 11) is 0. The fourth-order valence-electron chi connectivity index (χ4n) is 2.18. The summed E-state index contributed by atoms with van der Waals surface area (Å²) < 4.78 is 5.71. The van der Waals surface area contributed by atoms with Crippen LogP contribution >= 0.6 is 11.3 Å². The molecular formula is C13H14N2OS. The lowest BCUT2D eigenvalue weighted by atomic mass is 10.1. The Hall–Kier alpha value is -1.39. The average molecular weight is 246 g/mol. The monoisotopic (exact) mass is 246 g/mol. The van der Waals surface area contributed by atoms with Crippen LogP contribution in [0, 0.1) is 0 Å². The second-order valence-corrected chi connectivity index (χ2v) is 4.99. The molecule has 0 radical (unpaired) electrons. The van der Waals surface area contributed by atoms with Crippen molar-refractivity contribution in [3.8, 4) is 5.75 Å². The third kappa shape index (κ3) is 2.18. The second kappa shape index (κ2) is 4.47. The SMILES string of the molecule is NC1CCc2cc(OCc3cscn3)ccc21. The molecule has 88 valence electrons. The normalized spacial score (nSPS) is 18.1. The fourth-order valence-corrected chi connectivity index (χ4v) is 2.73. The average Bonchev–Trinajstić information content (AvgIpc) is 2.97. The van der Waals surface area contributed by atoms with Gasteiger partial charge in [-0.2, -0.15) is 0 Å². The molecule has 0 bridgehead atoms. The minimum absolute atomic E-state index is 0.206. The van der Waals surface area contributed by atoms with Gasteiger partial charge in [-0.15, -0.1) is 11.3 Å². The van der Waals surface area contributed by atoms with Gasteiger partial charge in [0.1, 0.15) is 12.4 Å². The molecule has 1 atom stereocenters.